The Labute approximate surface area is 83.9 Å². The van der Waals surface area contributed by atoms with Crippen molar-refractivity contribution in [2.45, 2.75) is 31.7 Å². The zero-order valence-electron chi connectivity index (χ0n) is 8.49. The fourth-order valence-electron chi connectivity index (χ4n) is 1.77. The Morgan fingerprint density at radius 2 is 2.29 bits per heavy atom. The summed E-state index contributed by atoms with van der Waals surface area (Å²) in [5.74, 6) is 2.13. The predicted octanol–water partition coefficient (Wildman–Crippen LogP) is 1.16. The molecule has 78 valence electrons. The molecule has 0 saturated carbocycles. The highest BCUT2D eigenvalue weighted by Gasteiger charge is 2.20. The molecule has 1 aliphatic heterocycles. The molecule has 0 radical (unpaired) electrons. The molecule has 1 aromatic heterocycles. The van der Waals surface area contributed by atoms with Gasteiger partial charge >= 0.3 is 0 Å². The van der Waals surface area contributed by atoms with Crippen molar-refractivity contribution in [3.8, 4) is 0 Å². The summed E-state index contributed by atoms with van der Waals surface area (Å²) >= 11 is 0. The van der Waals surface area contributed by atoms with Gasteiger partial charge in [-0.2, -0.15) is 0 Å². The van der Waals surface area contributed by atoms with Crippen molar-refractivity contribution in [2.24, 2.45) is 5.73 Å². The van der Waals surface area contributed by atoms with Crippen molar-refractivity contribution >= 4 is 0 Å². The number of nitrogens with two attached hydrogens (primary N) is 1. The van der Waals surface area contributed by atoms with Crippen LogP contribution in [0.1, 0.15) is 43.4 Å². The molecule has 2 rings (SSSR count). The van der Waals surface area contributed by atoms with Crippen LogP contribution in [0.3, 0.4) is 0 Å². The van der Waals surface area contributed by atoms with Gasteiger partial charge in [-0.1, -0.05) is 0 Å². The molecule has 1 aliphatic rings. The Balaban J connectivity index is 2.07. The zero-order valence-corrected chi connectivity index (χ0v) is 8.49. The van der Waals surface area contributed by atoms with Gasteiger partial charge in [0.1, 0.15) is 5.76 Å². The first kappa shape index (κ1) is 9.68. The summed E-state index contributed by atoms with van der Waals surface area (Å²) in [5.41, 5.74) is 5.71. The third-order valence-corrected chi connectivity index (χ3v) is 2.68. The van der Waals surface area contributed by atoms with Gasteiger partial charge in [0.25, 0.3) is 0 Å². The summed E-state index contributed by atoms with van der Waals surface area (Å²) in [5, 5.41) is 3.32. The summed E-state index contributed by atoms with van der Waals surface area (Å²) in [7, 11) is 0. The van der Waals surface area contributed by atoms with Gasteiger partial charge in [0, 0.05) is 5.92 Å². The van der Waals surface area contributed by atoms with E-state index in [-0.39, 0.29) is 6.04 Å². The highest BCUT2D eigenvalue weighted by atomic mass is 16.4. The fraction of sp³-hybridized carbons (Fsp3) is 0.700. The maximum Gasteiger partial charge on any atom is 0.197 e. The standard InChI is InChI=1S/C10H17N3O/c1-7(11)9-6-13-10(14-9)8-2-4-12-5-3-8/h6-8,12H,2-5,11H2,1H3. The number of oxazole rings is 1. The highest BCUT2D eigenvalue weighted by molar-refractivity contribution is 5.03. The van der Waals surface area contributed by atoms with Crippen LogP contribution in [-0.2, 0) is 0 Å². The zero-order chi connectivity index (χ0) is 9.97. The number of hydrogen-bond donors (Lipinski definition) is 2. The van der Waals surface area contributed by atoms with E-state index < -0.39 is 0 Å². The first-order valence-corrected chi connectivity index (χ1v) is 5.19. The van der Waals surface area contributed by atoms with Crippen molar-refractivity contribution in [3.05, 3.63) is 17.8 Å². The number of nitrogens with one attached hydrogen (secondary N) is 1. The SMILES string of the molecule is CC(N)c1cnc(C2CCNCC2)o1. The molecule has 0 aliphatic carbocycles. The fourth-order valence-corrected chi connectivity index (χ4v) is 1.77. The number of aromatic nitrogens is 1. The van der Waals surface area contributed by atoms with Crippen LogP contribution in [0.4, 0.5) is 0 Å². The maximum atomic E-state index is 5.71. The average molecular weight is 195 g/mol. The lowest BCUT2D eigenvalue weighted by atomic mass is 9.98. The van der Waals surface area contributed by atoms with E-state index in [1.807, 2.05) is 6.92 Å². The van der Waals surface area contributed by atoms with Gasteiger partial charge in [-0.3, -0.25) is 0 Å². The van der Waals surface area contributed by atoms with Crippen LogP contribution in [-0.4, -0.2) is 18.1 Å². The minimum atomic E-state index is -0.0574. The molecule has 4 nitrogen and oxygen atoms in total. The normalized spacial score (nSPS) is 21.0. The van der Waals surface area contributed by atoms with E-state index in [4.69, 9.17) is 10.2 Å². The van der Waals surface area contributed by atoms with Crippen LogP contribution in [0.25, 0.3) is 0 Å². The van der Waals surface area contributed by atoms with Crippen molar-refractivity contribution < 1.29 is 4.42 Å². The lowest BCUT2D eigenvalue weighted by Gasteiger charge is -2.19. The van der Waals surface area contributed by atoms with Gasteiger partial charge in [0.05, 0.1) is 12.2 Å². The first-order valence-electron chi connectivity index (χ1n) is 5.19. The molecule has 0 aromatic carbocycles. The summed E-state index contributed by atoms with van der Waals surface area (Å²) in [6.07, 6.45) is 3.97. The molecule has 1 atom stereocenters. The van der Waals surface area contributed by atoms with E-state index in [0.717, 1.165) is 37.6 Å². The van der Waals surface area contributed by atoms with Gasteiger partial charge in [-0.15, -0.1) is 0 Å². The van der Waals surface area contributed by atoms with Gasteiger partial charge in [-0.05, 0) is 32.9 Å². The van der Waals surface area contributed by atoms with Crippen molar-refractivity contribution in [2.75, 3.05) is 13.1 Å². The molecule has 0 spiro atoms. The molecule has 0 amide bonds. The second-order valence-corrected chi connectivity index (χ2v) is 3.91. The van der Waals surface area contributed by atoms with E-state index in [2.05, 4.69) is 10.3 Å². The lowest BCUT2D eigenvalue weighted by Crippen LogP contribution is -2.26. The van der Waals surface area contributed by atoms with Crippen LogP contribution in [0, 0.1) is 0 Å². The van der Waals surface area contributed by atoms with Crippen LogP contribution in [0.5, 0.6) is 0 Å². The van der Waals surface area contributed by atoms with E-state index in [9.17, 15) is 0 Å². The third kappa shape index (κ3) is 1.96. The molecule has 0 bridgehead atoms. The second-order valence-electron chi connectivity index (χ2n) is 3.91. The quantitative estimate of drug-likeness (QED) is 0.743. The highest BCUT2D eigenvalue weighted by Crippen LogP contribution is 2.25. The second kappa shape index (κ2) is 4.11. The van der Waals surface area contributed by atoms with Crippen LogP contribution >= 0.6 is 0 Å². The molecule has 2 heterocycles. The number of piperidine rings is 1. The van der Waals surface area contributed by atoms with Crippen molar-refractivity contribution in [1.29, 1.82) is 0 Å². The van der Waals surface area contributed by atoms with Crippen LogP contribution < -0.4 is 11.1 Å². The predicted molar refractivity (Wildman–Crippen MR) is 54.0 cm³/mol. The molecule has 3 N–H and O–H groups in total. The molecule has 1 aromatic rings. The monoisotopic (exact) mass is 195 g/mol. The molecule has 4 heteroatoms. The Bertz CT molecular complexity index is 289. The van der Waals surface area contributed by atoms with Gasteiger partial charge < -0.3 is 15.5 Å². The van der Waals surface area contributed by atoms with Gasteiger partial charge in [-0.25, -0.2) is 4.98 Å². The smallest absolute Gasteiger partial charge is 0.197 e. The van der Waals surface area contributed by atoms with E-state index in [1.54, 1.807) is 6.20 Å². The topological polar surface area (TPSA) is 64.1 Å². The Hall–Kier alpha value is -0.870. The minimum Gasteiger partial charge on any atom is -0.444 e. The average Bonchev–Trinajstić information content (AvgIpc) is 2.68. The Kier molecular flexibility index (Phi) is 2.84. The number of nitrogens with zero attached hydrogens (tertiary/aromatic N) is 1. The van der Waals surface area contributed by atoms with Crippen molar-refractivity contribution in [1.82, 2.24) is 10.3 Å². The first-order chi connectivity index (χ1) is 6.77. The van der Waals surface area contributed by atoms with E-state index >= 15 is 0 Å². The largest absolute Gasteiger partial charge is 0.444 e. The minimum absolute atomic E-state index is 0.0574. The van der Waals surface area contributed by atoms with Gasteiger partial charge in [0.2, 0.25) is 0 Å². The van der Waals surface area contributed by atoms with Gasteiger partial charge in [0.15, 0.2) is 5.89 Å². The molecule has 1 saturated heterocycles. The van der Waals surface area contributed by atoms with Crippen molar-refractivity contribution in [3.63, 3.8) is 0 Å². The Morgan fingerprint density at radius 1 is 1.57 bits per heavy atom. The molecular formula is C10H17N3O. The molecule has 1 fully saturated rings. The third-order valence-electron chi connectivity index (χ3n) is 2.68. The molecule has 14 heavy (non-hydrogen) atoms. The summed E-state index contributed by atoms with van der Waals surface area (Å²) in [4.78, 5) is 4.29. The molecule has 1 unspecified atom stereocenters. The summed E-state index contributed by atoms with van der Waals surface area (Å²) in [6.45, 7) is 4.02. The van der Waals surface area contributed by atoms with Crippen LogP contribution in [0.2, 0.25) is 0 Å². The summed E-state index contributed by atoms with van der Waals surface area (Å²) in [6, 6.07) is -0.0574. The number of hydrogen-bond acceptors (Lipinski definition) is 4. The summed E-state index contributed by atoms with van der Waals surface area (Å²) < 4.78 is 5.62. The maximum absolute atomic E-state index is 5.71. The van der Waals surface area contributed by atoms with Crippen LogP contribution in [0.15, 0.2) is 10.6 Å². The molecular weight excluding hydrogens is 178 g/mol. The number of rotatable bonds is 2. The van der Waals surface area contributed by atoms with E-state index in [1.165, 1.54) is 0 Å². The van der Waals surface area contributed by atoms with E-state index in [0.29, 0.717) is 5.92 Å². The Morgan fingerprint density at radius 3 is 2.86 bits per heavy atom. The lowest BCUT2D eigenvalue weighted by molar-refractivity contribution is 0.354.